The van der Waals surface area contributed by atoms with E-state index in [1.165, 1.54) is 30.4 Å². The van der Waals surface area contributed by atoms with Crippen molar-refractivity contribution >= 4 is 0 Å². The van der Waals surface area contributed by atoms with Crippen molar-refractivity contribution in [2.75, 3.05) is 33.0 Å². The van der Waals surface area contributed by atoms with Crippen LogP contribution in [0.25, 0.3) is 0 Å². The van der Waals surface area contributed by atoms with Crippen molar-refractivity contribution in [3.05, 3.63) is 23.5 Å². The van der Waals surface area contributed by atoms with Crippen LogP contribution in [0.3, 0.4) is 0 Å². The first kappa shape index (κ1) is 15.3. The minimum absolute atomic E-state index is 0.626. The SMILES string of the molecule is C/C=C1/CCC/C(=C/OCCOCCOCC)C1. The van der Waals surface area contributed by atoms with E-state index in [1.54, 1.807) is 0 Å². The van der Waals surface area contributed by atoms with E-state index in [9.17, 15) is 0 Å². The molecule has 104 valence electrons. The number of allylic oxidation sites excluding steroid dienone is 3. The van der Waals surface area contributed by atoms with Gasteiger partial charge in [-0.25, -0.2) is 0 Å². The van der Waals surface area contributed by atoms with Gasteiger partial charge in [0, 0.05) is 6.61 Å². The monoisotopic (exact) mass is 254 g/mol. The Morgan fingerprint density at radius 2 is 1.72 bits per heavy atom. The third kappa shape index (κ3) is 6.82. The standard InChI is InChI=1S/C15H26O3/c1-3-14-6-5-7-15(12-14)13-18-11-10-17-9-8-16-4-2/h3,13H,4-12H2,1-2H3/b14-3-,15-13-. The van der Waals surface area contributed by atoms with Gasteiger partial charge in [0.25, 0.3) is 0 Å². The van der Waals surface area contributed by atoms with Crippen molar-refractivity contribution in [2.24, 2.45) is 0 Å². The maximum atomic E-state index is 5.52. The lowest BCUT2D eigenvalue weighted by atomic mass is 9.91. The number of hydrogen-bond acceptors (Lipinski definition) is 3. The van der Waals surface area contributed by atoms with Crippen LogP contribution >= 0.6 is 0 Å². The molecule has 0 aliphatic heterocycles. The lowest BCUT2D eigenvalue weighted by Crippen LogP contribution is -2.08. The van der Waals surface area contributed by atoms with Gasteiger partial charge in [0.05, 0.1) is 26.1 Å². The molecule has 3 heteroatoms. The zero-order chi connectivity index (χ0) is 13.1. The van der Waals surface area contributed by atoms with E-state index in [-0.39, 0.29) is 0 Å². The third-order valence-electron chi connectivity index (χ3n) is 3.03. The van der Waals surface area contributed by atoms with Gasteiger partial charge in [0.1, 0.15) is 6.61 Å². The zero-order valence-electron chi connectivity index (χ0n) is 11.7. The summed E-state index contributed by atoms with van der Waals surface area (Å²) in [6.07, 6.45) is 8.90. The molecular weight excluding hydrogens is 228 g/mol. The fourth-order valence-corrected chi connectivity index (χ4v) is 2.01. The average Bonchev–Trinajstić information content (AvgIpc) is 2.42. The minimum Gasteiger partial charge on any atom is -0.499 e. The van der Waals surface area contributed by atoms with Gasteiger partial charge in [-0.2, -0.15) is 0 Å². The Kier molecular flexibility index (Phi) is 8.61. The first-order chi connectivity index (χ1) is 8.86. The Morgan fingerprint density at radius 1 is 1.00 bits per heavy atom. The number of hydrogen-bond donors (Lipinski definition) is 0. The summed E-state index contributed by atoms with van der Waals surface area (Å²) in [7, 11) is 0. The van der Waals surface area contributed by atoms with Crippen LogP contribution in [0.4, 0.5) is 0 Å². The fraction of sp³-hybridized carbons (Fsp3) is 0.733. The van der Waals surface area contributed by atoms with Gasteiger partial charge in [-0.3, -0.25) is 0 Å². The summed E-state index contributed by atoms with van der Waals surface area (Å²) in [6, 6.07) is 0. The molecule has 1 aliphatic rings. The Labute approximate surface area is 111 Å². The zero-order valence-corrected chi connectivity index (χ0v) is 11.7. The summed E-state index contributed by atoms with van der Waals surface area (Å²) < 4.78 is 16.1. The molecule has 1 rings (SSSR count). The van der Waals surface area contributed by atoms with Crippen LogP contribution < -0.4 is 0 Å². The quantitative estimate of drug-likeness (QED) is 0.377. The van der Waals surface area contributed by atoms with E-state index >= 15 is 0 Å². The first-order valence-corrected chi connectivity index (χ1v) is 6.96. The highest BCUT2D eigenvalue weighted by molar-refractivity contribution is 5.17. The molecule has 0 aromatic rings. The predicted molar refractivity (Wildman–Crippen MR) is 73.6 cm³/mol. The molecule has 0 bridgehead atoms. The summed E-state index contributed by atoms with van der Waals surface area (Å²) >= 11 is 0. The van der Waals surface area contributed by atoms with Crippen molar-refractivity contribution in [2.45, 2.75) is 39.5 Å². The molecule has 1 fully saturated rings. The van der Waals surface area contributed by atoms with Gasteiger partial charge in [-0.15, -0.1) is 0 Å². The van der Waals surface area contributed by atoms with Gasteiger partial charge in [-0.05, 0) is 45.1 Å². The van der Waals surface area contributed by atoms with Crippen molar-refractivity contribution in [3.63, 3.8) is 0 Å². The second kappa shape index (κ2) is 10.2. The molecule has 3 nitrogen and oxygen atoms in total. The predicted octanol–water partition coefficient (Wildman–Crippen LogP) is 3.46. The molecule has 0 aromatic carbocycles. The van der Waals surface area contributed by atoms with E-state index in [2.05, 4.69) is 13.0 Å². The van der Waals surface area contributed by atoms with Crippen molar-refractivity contribution in [3.8, 4) is 0 Å². The normalized spacial score (nSPS) is 20.6. The fourth-order valence-electron chi connectivity index (χ4n) is 2.01. The maximum Gasteiger partial charge on any atom is 0.111 e. The molecule has 0 atom stereocenters. The first-order valence-electron chi connectivity index (χ1n) is 6.96. The summed E-state index contributed by atoms with van der Waals surface area (Å²) in [5, 5.41) is 0. The smallest absolute Gasteiger partial charge is 0.111 e. The van der Waals surface area contributed by atoms with Crippen molar-refractivity contribution < 1.29 is 14.2 Å². The Morgan fingerprint density at radius 3 is 2.50 bits per heavy atom. The second-order valence-corrected chi connectivity index (χ2v) is 4.43. The number of ether oxygens (including phenoxy) is 3. The Balaban J connectivity index is 2.02. The largest absolute Gasteiger partial charge is 0.499 e. The molecule has 0 radical (unpaired) electrons. The molecule has 0 saturated heterocycles. The molecular formula is C15H26O3. The molecule has 0 heterocycles. The van der Waals surface area contributed by atoms with Gasteiger partial charge in [0.2, 0.25) is 0 Å². The third-order valence-corrected chi connectivity index (χ3v) is 3.03. The van der Waals surface area contributed by atoms with Gasteiger partial charge in [-0.1, -0.05) is 11.6 Å². The molecule has 0 aromatic heterocycles. The molecule has 0 spiro atoms. The minimum atomic E-state index is 0.626. The Bertz CT molecular complexity index is 269. The summed E-state index contributed by atoms with van der Waals surface area (Å²) in [5.41, 5.74) is 2.94. The summed E-state index contributed by atoms with van der Waals surface area (Å²) in [4.78, 5) is 0. The van der Waals surface area contributed by atoms with Crippen LogP contribution in [-0.4, -0.2) is 33.0 Å². The lowest BCUT2D eigenvalue weighted by molar-refractivity contribution is 0.0339. The average molecular weight is 254 g/mol. The van der Waals surface area contributed by atoms with Crippen LogP contribution in [0.15, 0.2) is 23.5 Å². The van der Waals surface area contributed by atoms with E-state index in [0.29, 0.717) is 26.4 Å². The van der Waals surface area contributed by atoms with E-state index in [4.69, 9.17) is 14.2 Å². The van der Waals surface area contributed by atoms with Gasteiger partial charge in [0.15, 0.2) is 0 Å². The molecule has 0 N–H and O–H groups in total. The van der Waals surface area contributed by atoms with E-state index in [0.717, 1.165) is 13.0 Å². The highest BCUT2D eigenvalue weighted by atomic mass is 16.5. The van der Waals surface area contributed by atoms with E-state index in [1.807, 2.05) is 13.2 Å². The van der Waals surface area contributed by atoms with Gasteiger partial charge >= 0.3 is 0 Å². The lowest BCUT2D eigenvalue weighted by Gasteiger charge is -2.17. The molecule has 1 aliphatic carbocycles. The molecule has 1 saturated carbocycles. The molecule has 0 unspecified atom stereocenters. The summed E-state index contributed by atoms with van der Waals surface area (Å²) in [6.45, 7) is 7.43. The second-order valence-electron chi connectivity index (χ2n) is 4.43. The van der Waals surface area contributed by atoms with Crippen LogP contribution in [0.5, 0.6) is 0 Å². The molecule has 18 heavy (non-hydrogen) atoms. The summed E-state index contributed by atoms with van der Waals surface area (Å²) in [5.74, 6) is 0. The topological polar surface area (TPSA) is 27.7 Å². The molecule has 0 amide bonds. The van der Waals surface area contributed by atoms with E-state index < -0.39 is 0 Å². The highest BCUT2D eigenvalue weighted by Crippen LogP contribution is 2.27. The van der Waals surface area contributed by atoms with Crippen molar-refractivity contribution in [1.82, 2.24) is 0 Å². The van der Waals surface area contributed by atoms with Crippen LogP contribution in [-0.2, 0) is 14.2 Å². The van der Waals surface area contributed by atoms with Crippen LogP contribution in [0, 0.1) is 0 Å². The van der Waals surface area contributed by atoms with Crippen LogP contribution in [0.1, 0.15) is 39.5 Å². The van der Waals surface area contributed by atoms with Gasteiger partial charge < -0.3 is 14.2 Å². The van der Waals surface area contributed by atoms with Crippen molar-refractivity contribution in [1.29, 1.82) is 0 Å². The number of rotatable bonds is 8. The maximum absolute atomic E-state index is 5.52. The Hall–Kier alpha value is -0.800. The van der Waals surface area contributed by atoms with Crippen LogP contribution in [0.2, 0.25) is 0 Å². The highest BCUT2D eigenvalue weighted by Gasteiger charge is 2.09.